The number of hydrogen-bond acceptors (Lipinski definition) is 1. The Kier molecular flexibility index (Phi) is 3.55. The highest BCUT2D eigenvalue weighted by atomic mass is 32.2. The molecular formula is C15H18S. The van der Waals surface area contributed by atoms with Crippen molar-refractivity contribution in [2.45, 2.75) is 29.6 Å². The molecule has 1 aliphatic rings. The quantitative estimate of drug-likeness (QED) is 0.683. The molecule has 0 fully saturated rings. The van der Waals surface area contributed by atoms with E-state index in [1.165, 1.54) is 22.6 Å². The Labute approximate surface area is 102 Å². The van der Waals surface area contributed by atoms with E-state index in [9.17, 15) is 0 Å². The van der Waals surface area contributed by atoms with Gasteiger partial charge >= 0.3 is 0 Å². The number of rotatable bonds is 4. The van der Waals surface area contributed by atoms with Crippen molar-refractivity contribution in [3.05, 3.63) is 55.1 Å². The van der Waals surface area contributed by atoms with Crippen LogP contribution in [-0.2, 0) is 5.41 Å². The van der Waals surface area contributed by atoms with Gasteiger partial charge in [-0.1, -0.05) is 30.4 Å². The zero-order valence-corrected chi connectivity index (χ0v) is 10.4. The first kappa shape index (κ1) is 11.5. The van der Waals surface area contributed by atoms with Crippen LogP contribution in [0, 0.1) is 0 Å². The van der Waals surface area contributed by atoms with Gasteiger partial charge in [0.1, 0.15) is 0 Å². The molecule has 0 N–H and O–H groups in total. The summed E-state index contributed by atoms with van der Waals surface area (Å²) in [4.78, 5) is 1.44. The Morgan fingerprint density at radius 2 is 1.88 bits per heavy atom. The van der Waals surface area contributed by atoms with Gasteiger partial charge in [-0.2, -0.15) is 0 Å². The Hall–Kier alpha value is -0.950. The Morgan fingerprint density at radius 3 is 2.56 bits per heavy atom. The first-order valence-electron chi connectivity index (χ1n) is 5.76. The van der Waals surface area contributed by atoms with Crippen LogP contribution in [0.3, 0.4) is 0 Å². The SMILES string of the molecule is C=CCC1(CC=C)CCSc2ccccc21. The van der Waals surface area contributed by atoms with Crippen LogP contribution in [-0.4, -0.2) is 5.75 Å². The molecule has 1 heterocycles. The molecule has 0 bridgehead atoms. The van der Waals surface area contributed by atoms with E-state index in [4.69, 9.17) is 0 Å². The van der Waals surface area contributed by atoms with Crippen LogP contribution in [0.4, 0.5) is 0 Å². The van der Waals surface area contributed by atoms with Crippen LogP contribution >= 0.6 is 11.8 Å². The summed E-state index contributed by atoms with van der Waals surface area (Å²) in [6.45, 7) is 7.83. The molecule has 0 radical (unpaired) electrons. The minimum Gasteiger partial charge on any atom is -0.126 e. The second-order valence-corrected chi connectivity index (χ2v) is 5.50. The molecule has 0 amide bonds. The van der Waals surface area contributed by atoms with Crippen LogP contribution in [0.1, 0.15) is 24.8 Å². The van der Waals surface area contributed by atoms with E-state index >= 15 is 0 Å². The maximum atomic E-state index is 3.91. The fraction of sp³-hybridized carbons (Fsp3) is 0.333. The summed E-state index contributed by atoms with van der Waals surface area (Å²) < 4.78 is 0. The summed E-state index contributed by atoms with van der Waals surface area (Å²) in [6.07, 6.45) is 7.44. The summed E-state index contributed by atoms with van der Waals surface area (Å²) in [6, 6.07) is 8.78. The van der Waals surface area contributed by atoms with Crippen molar-refractivity contribution in [2.75, 3.05) is 5.75 Å². The van der Waals surface area contributed by atoms with E-state index in [1.54, 1.807) is 0 Å². The van der Waals surface area contributed by atoms with Gasteiger partial charge in [0.25, 0.3) is 0 Å². The van der Waals surface area contributed by atoms with Crippen molar-refractivity contribution in [1.82, 2.24) is 0 Å². The van der Waals surface area contributed by atoms with Gasteiger partial charge in [0.15, 0.2) is 0 Å². The van der Waals surface area contributed by atoms with Gasteiger partial charge in [-0.25, -0.2) is 0 Å². The molecule has 1 aromatic carbocycles. The first-order valence-corrected chi connectivity index (χ1v) is 6.75. The molecule has 0 spiro atoms. The van der Waals surface area contributed by atoms with Gasteiger partial charge in [0.2, 0.25) is 0 Å². The topological polar surface area (TPSA) is 0 Å². The summed E-state index contributed by atoms with van der Waals surface area (Å²) in [5, 5.41) is 0. The van der Waals surface area contributed by atoms with E-state index < -0.39 is 0 Å². The van der Waals surface area contributed by atoms with Crippen LogP contribution < -0.4 is 0 Å². The number of hydrogen-bond donors (Lipinski definition) is 0. The molecule has 0 saturated heterocycles. The fourth-order valence-corrected chi connectivity index (χ4v) is 3.91. The van der Waals surface area contributed by atoms with Crippen molar-refractivity contribution < 1.29 is 0 Å². The zero-order chi connectivity index (χ0) is 11.4. The lowest BCUT2D eigenvalue weighted by Crippen LogP contribution is -2.29. The summed E-state index contributed by atoms with van der Waals surface area (Å²) >= 11 is 1.97. The Balaban J connectivity index is 2.46. The van der Waals surface area contributed by atoms with Gasteiger partial charge in [0, 0.05) is 10.3 Å². The second-order valence-electron chi connectivity index (χ2n) is 4.36. The Bertz CT molecular complexity index is 382. The average molecular weight is 230 g/mol. The third-order valence-corrected chi connectivity index (χ3v) is 4.44. The van der Waals surface area contributed by atoms with Crippen LogP contribution in [0.15, 0.2) is 54.5 Å². The zero-order valence-electron chi connectivity index (χ0n) is 9.61. The van der Waals surface area contributed by atoms with E-state index in [0.29, 0.717) is 0 Å². The summed E-state index contributed by atoms with van der Waals surface area (Å²) in [7, 11) is 0. The molecule has 84 valence electrons. The van der Waals surface area contributed by atoms with Crippen LogP contribution in [0.5, 0.6) is 0 Å². The molecule has 0 unspecified atom stereocenters. The van der Waals surface area contributed by atoms with Crippen molar-refractivity contribution in [3.63, 3.8) is 0 Å². The van der Waals surface area contributed by atoms with Crippen LogP contribution in [0.2, 0.25) is 0 Å². The third kappa shape index (κ3) is 1.97. The average Bonchev–Trinajstić information content (AvgIpc) is 2.30. The maximum absolute atomic E-state index is 3.91. The molecule has 0 nitrogen and oxygen atoms in total. The predicted molar refractivity (Wildman–Crippen MR) is 73.1 cm³/mol. The minimum absolute atomic E-state index is 0.255. The number of allylic oxidation sites excluding steroid dienone is 2. The molecule has 16 heavy (non-hydrogen) atoms. The van der Waals surface area contributed by atoms with Gasteiger partial charge in [-0.05, 0) is 36.6 Å². The first-order chi connectivity index (χ1) is 7.82. The molecule has 1 heteroatoms. The standard InChI is InChI=1S/C15H18S/c1-3-9-15(10-4-2)11-12-16-14-8-6-5-7-13(14)15/h3-8H,1-2,9-12H2. The lowest BCUT2D eigenvalue weighted by atomic mass is 9.72. The van der Waals surface area contributed by atoms with Crippen molar-refractivity contribution >= 4 is 11.8 Å². The van der Waals surface area contributed by atoms with Gasteiger partial charge in [0.05, 0.1) is 0 Å². The van der Waals surface area contributed by atoms with Gasteiger partial charge in [-0.3, -0.25) is 0 Å². The maximum Gasteiger partial charge on any atom is 0.0110 e. The lowest BCUT2D eigenvalue weighted by Gasteiger charge is -2.37. The summed E-state index contributed by atoms with van der Waals surface area (Å²) in [5.74, 6) is 1.21. The highest BCUT2D eigenvalue weighted by Gasteiger charge is 2.34. The smallest absolute Gasteiger partial charge is 0.0110 e. The molecule has 0 aliphatic carbocycles. The van der Waals surface area contributed by atoms with E-state index in [-0.39, 0.29) is 5.41 Å². The normalized spacial score (nSPS) is 17.5. The van der Waals surface area contributed by atoms with E-state index in [2.05, 4.69) is 49.6 Å². The minimum atomic E-state index is 0.255. The molecular weight excluding hydrogens is 212 g/mol. The molecule has 0 atom stereocenters. The fourth-order valence-electron chi connectivity index (χ4n) is 2.58. The molecule has 1 aliphatic heterocycles. The highest BCUT2D eigenvalue weighted by molar-refractivity contribution is 7.99. The van der Waals surface area contributed by atoms with E-state index in [1.807, 2.05) is 11.8 Å². The highest BCUT2D eigenvalue weighted by Crippen LogP contribution is 2.46. The third-order valence-electron chi connectivity index (χ3n) is 3.37. The van der Waals surface area contributed by atoms with E-state index in [0.717, 1.165) is 12.8 Å². The molecule has 0 aromatic heterocycles. The largest absolute Gasteiger partial charge is 0.126 e. The van der Waals surface area contributed by atoms with Gasteiger partial charge < -0.3 is 0 Å². The van der Waals surface area contributed by atoms with Gasteiger partial charge in [-0.15, -0.1) is 24.9 Å². The van der Waals surface area contributed by atoms with Crippen molar-refractivity contribution in [1.29, 1.82) is 0 Å². The molecule has 2 rings (SSSR count). The lowest BCUT2D eigenvalue weighted by molar-refractivity contribution is 0.411. The van der Waals surface area contributed by atoms with Crippen molar-refractivity contribution in [3.8, 4) is 0 Å². The van der Waals surface area contributed by atoms with Crippen molar-refractivity contribution in [2.24, 2.45) is 0 Å². The second kappa shape index (κ2) is 4.92. The van der Waals surface area contributed by atoms with Crippen LogP contribution in [0.25, 0.3) is 0 Å². The number of thioether (sulfide) groups is 1. The number of fused-ring (bicyclic) bond motifs is 1. The molecule has 1 aromatic rings. The monoisotopic (exact) mass is 230 g/mol. The predicted octanol–water partition coefficient (Wildman–Crippen LogP) is 4.57. The summed E-state index contributed by atoms with van der Waals surface area (Å²) in [5.41, 5.74) is 1.75. The molecule has 0 saturated carbocycles. The number of benzene rings is 1. The Morgan fingerprint density at radius 1 is 1.19 bits per heavy atom.